The third kappa shape index (κ3) is 1.69. The molecule has 0 aliphatic heterocycles. The number of benzene rings is 1. The summed E-state index contributed by atoms with van der Waals surface area (Å²) >= 11 is 5.37. The van der Waals surface area contributed by atoms with E-state index in [1.165, 1.54) is 6.07 Å². The quantitative estimate of drug-likeness (QED) is 0.577. The fourth-order valence-corrected chi connectivity index (χ4v) is 1.09. The minimum Gasteiger partial charge on any atom is -0.204 e. The Kier molecular flexibility index (Phi) is 2.45. The van der Waals surface area contributed by atoms with Crippen molar-refractivity contribution < 1.29 is 8.78 Å². The summed E-state index contributed by atoms with van der Waals surface area (Å²) in [7, 11) is 0. The lowest BCUT2D eigenvalue weighted by atomic mass is 10.1. The summed E-state index contributed by atoms with van der Waals surface area (Å²) in [5.74, 6) is -1.67. The minimum absolute atomic E-state index is 0.00440. The van der Waals surface area contributed by atoms with E-state index in [0.717, 1.165) is 6.07 Å². The van der Waals surface area contributed by atoms with E-state index in [0.29, 0.717) is 5.56 Å². The van der Waals surface area contributed by atoms with E-state index in [1.807, 2.05) is 0 Å². The molecule has 0 atom stereocenters. The average molecular weight is 177 g/mol. The normalized spacial score (nSPS) is 10.2. The topological polar surface area (TPSA) is 0 Å². The first-order valence-electron chi connectivity index (χ1n) is 3.15. The van der Waals surface area contributed by atoms with Gasteiger partial charge in [-0.25, -0.2) is 8.78 Å². The summed E-state index contributed by atoms with van der Waals surface area (Å²) in [6.07, 6.45) is 0. The van der Waals surface area contributed by atoms with Crippen molar-refractivity contribution in [2.24, 2.45) is 0 Å². The van der Waals surface area contributed by atoms with E-state index in [4.69, 9.17) is 11.6 Å². The molecule has 0 saturated heterocycles. The van der Waals surface area contributed by atoms with Gasteiger partial charge in [-0.05, 0) is 18.6 Å². The fraction of sp³-hybridized carbons (Fsp3) is 0.250. The van der Waals surface area contributed by atoms with Crippen LogP contribution in [0.3, 0.4) is 0 Å². The first kappa shape index (κ1) is 8.47. The van der Waals surface area contributed by atoms with E-state index < -0.39 is 11.6 Å². The molecule has 0 fully saturated rings. The first-order valence-corrected chi connectivity index (χ1v) is 3.69. The van der Waals surface area contributed by atoms with E-state index in [1.54, 1.807) is 6.92 Å². The Morgan fingerprint density at radius 2 is 2.00 bits per heavy atom. The largest absolute Gasteiger partial charge is 0.204 e. The highest BCUT2D eigenvalue weighted by Gasteiger charge is 2.07. The molecule has 3 heteroatoms. The summed E-state index contributed by atoms with van der Waals surface area (Å²) in [6.45, 7) is 1.69. The van der Waals surface area contributed by atoms with Crippen LogP contribution in [0.15, 0.2) is 12.1 Å². The zero-order chi connectivity index (χ0) is 8.43. The smallest absolute Gasteiger partial charge is 0.163 e. The number of halogens is 3. The standard InChI is InChI=1S/C8H7ClF2/c1-5-2-6(4-9)8(11)7(10)3-5/h2-3H,4H2,1H3. The second-order valence-electron chi connectivity index (χ2n) is 2.35. The van der Waals surface area contributed by atoms with Crippen LogP contribution in [0, 0.1) is 18.6 Å². The molecule has 0 saturated carbocycles. The molecule has 1 rings (SSSR count). The van der Waals surface area contributed by atoms with Gasteiger partial charge in [0.15, 0.2) is 11.6 Å². The molecule has 0 spiro atoms. The van der Waals surface area contributed by atoms with Crippen molar-refractivity contribution in [1.82, 2.24) is 0 Å². The highest BCUT2D eigenvalue weighted by Crippen LogP contribution is 2.15. The molecule has 11 heavy (non-hydrogen) atoms. The fourth-order valence-electron chi connectivity index (χ4n) is 0.894. The molecular formula is C8H7ClF2. The van der Waals surface area contributed by atoms with Gasteiger partial charge < -0.3 is 0 Å². The molecule has 0 aromatic heterocycles. The molecule has 0 aliphatic carbocycles. The number of hydrogen-bond acceptors (Lipinski definition) is 0. The van der Waals surface area contributed by atoms with Crippen LogP contribution in [0.25, 0.3) is 0 Å². The summed E-state index contributed by atoms with van der Waals surface area (Å²) in [5.41, 5.74) is 0.892. The van der Waals surface area contributed by atoms with Crippen molar-refractivity contribution in [3.05, 3.63) is 34.9 Å². The lowest BCUT2D eigenvalue weighted by Gasteiger charge is -2.00. The molecule has 0 bridgehead atoms. The Balaban J connectivity index is 3.24. The van der Waals surface area contributed by atoms with Gasteiger partial charge in [0.25, 0.3) is 0 Å². The summed E-state index contributed by atoms with van der Waals surface area (Å²) in [5, 5.41) is 0. The van der Waals surface area contributed by atoms with Gasteiger partial charge in [0, 0.05) is 5.56 Å². The molecule has 0 nitrogen and oxygen atoms in total. The third-order valence-corrected chi connectivity index (χ3v) is 1.68. The maximum absolute atomic E-state index is 12.7. The predicted octanol–water partition coefficient (Wildman–Crippen LogP) is 3.01. The number of rotatable bonds is 1. The Morgan fingerprint density at radius 1 is 1.36 bits per heavy atom. The van der Waals surface area contributed by atoms with Crippen LogP contribution in [0.5, 0.6) is 0 Å². The molecule has 0 radical (unpaired) electrons. The molecule has 0 unspecified atom stereocenters. The van der Waals surface area contributed by atoms with Crippen LogP contribution in [-0.4, -0.2) is 0 Å². The zero-order valence-electron chi connectivity index (χ0n) is 6.00. The van der Waals surface area contributed by atoms with Gasteiger partial charge >= 0.3 is 0 Å². The van der Waals surface area contributed by atoms with Gasteiger partial charge in [-0.15, -0.1) is 11.6 Å². The van der Waals surface area contributed by atoms with Gasteiger partial charge in [0.1, 0.15) is 0 Å². The lowest BCUT2D eigenvalue weighted by Crippen LogP contribution is -1.92. The zero-order valence-corrected chi connectivity index (χ0v) is 6.75. The van der Waals surface area contributed by atoms with Gasteiger partial charge in [0.2, 0.25) is 0 Å². The number of hydrogen-bond donors (Lipinski definition) is 0. The second-order valence-corrected chi connectivity index (χ2v) is 2.62. The lowest BCUT2D eigenvalue weighted by molar-refractivity contribution is 0.501. The molecule has 1 aromatic carbocycles. The highest BCUT2D eigenvalue weighted by molar-refractivity contribution is 6.17. The van der Waals surface area contributed by atoms with Gasteiger partial charge in [0.05, 0.1) is 5.88 Å². The van der Waals surface area contributed by atoms with E-state index in [-0.39, 0.29) is 11.4 Å². The van der Waals surface area contributed by atoms with Gasteiger partial charge in [-0.2, -0.15) is 0 Å². The molecule has 1 aromatic rings. The summed E-state index contributed by atoms with van der Waals surface area (Å²) < 4.78 is 25.3. The maximum atomic E-state index is 12.7. The molecule has 0 heterocycles. The van der Waals surface area contributed by atoms with Gasteiger partial charge in [-0.3, -0.25) is 0 Å². The monoisotopic (exact) mass is 176 g/mol. The Labute approximate surface area is 68.8 Å². The van der Waals surface area contributed by atoms with Crippen molar-refractivity contribution >= 4 is 11.6 Å². The molecule has 0 amide bonds. The second kappa shape index (κ2) is 3.18. The van der Waals surface area contributed by atoms with Crippen LogP contribution in [0.2, 0.25) is 0 Å². The van der Waals surface area contributed by atoms with Crippen molar-refractivity contribution in [2.75, 3.05) is 0 Å². The van der Waals surface area contributed by atoms with Crippen molar-refractivity contribution in [1.29, 1.82) is 0 Å². The van der Waals surface area contributed by atoms with Crippen LogP contribution in [0.4, 0.5) is 8.78 Å². The Morgan fingerprint density at radius 3 is 2.55 bits per heavy atom. The van der Waals surface area contributed by atoms with Crippen molar-refractivity contribution in [3.63, 3.8) is 0 Å². The molecule has 0 aliphatic rings. The minimum atomic E-state index is -0.842. The highest BCUT2D eigenvalue weighted by atomic mass is 35.5. The number of aryl methyl sites for hydroxylation is 1. The summed E-state index contributed by atoms with van der Waals surface area (Å²) in [4.78, 5) is 0. The Hall–Kier alpha value is -0.630. The van der Waals surface area contributed by atoms with E-state index in [2.05, 4.69) is 0 Å². The molecular weight excluding hydrogens is 170 g/mol. The van der Waals surface area contributed by atoms with Crippen LogP contribution < -0.4 is 0 Å². The number of alkyl halides is 1. The van der Waals surface area contributed by atoms with Crippen molar-refractivity contribution in [2.45, 2.75) is 12.8 Å². The average Bonchev–Trinajstić information content (AvgIpc) is 1.96. The summed E-state index contributed by atoms with van der Waals surface area (Å²) in [6, 6.07) is 2.68. The van der Waals surface area contributed by atoms with E-state index in [9.17, 15) is 8.78 Å². The van der Waals surface area contributed by atoms with Crippen LogP contribution >= 0.6 is 11.6 Å². The Bertz CT molecular complexity index is 271. The van der Waals surface area contributed by atoms with Crippen LogP contribution in [-0.2, 0) is 5.88 Å². The molecule has 60 valence electrons. The SMILES string of the molecule is Cc1cc(F)c(F)c(CCl)c1. The first-order chi connectivity index (χ1) is 5.15. The van der Waals surface area contributed by atoms with Crippen molar-refractivity contribution in [3.8, 4) is 0 Å². The third-order valence-electron chi connectivity index (χ3n) is 1.39. The van der Waals surface area contributed by atoms with Gasteiger partial charge in [-0.1, -0.05) is 6.07 Å². The maximum Gasteiger partial charge on any atom is 0.163 e. The van der Waals surface area contributed by atoms with Crippen LogP contribution in [0.1, 0.15) is 11.1 Å². The molecule has 0 N–H and O–H groups in total. The predicted molar refractivity (Wildman–Crippen MR) is 40.7 cm³/mol. The van der Waals surface area contributed by atoms with E-state index >= 15 is 0 Å².